The van der Waals surface area contributed by atoms with Crippen LogP contribution < -0.4 is 10.6 Å². The van der Waals surface area contributed by atoms with Crippen molar-refractivity contribution in [3.63, 3.8) is 0 Å². The first kappa shape index (κ1) is 19.3. The van der Waals surface area contributed by atoms with E-state index in [9.17, 15) is 4.79 Å². The van der Waals surface area contributed by atoms with E-state index in [4.69, 9.17) is 15.6 Å². The van der Waals surface area contributed by atoms with Gasteiger partial charge in [-0.25, -0.2) is 4.79 Å². The van der Waals surface area contributed by atoms with E-state index in [-0.39, 0.29) is 18.2 Å². The van der Waals surface area contributed by atoms with Crippen molar-refractivity contribution in [2.45, 2.75) is 57.7 Å². The summed E-state index contributed by atoms with van der Waals surface area (Å²) in [5, 5.41) is 4.81. The molecule has 2 aliphatic heterocycles. The first-order valence-electron chi connectivity index (χ1n) is 10.9. The largest absolute Gasteiger partial charge is 0.444 e. The Bertz CT molecular complexity index is 982. The molecule has 1 amide bonds. The zero-order chi connectivity index (χ0) is 21.2. The molecule has 3 aliphatic rings. The van der Waals surface area contributed by atoms with Crippen LogP contribution in [0, 0.1) is 5.92 Å². The predicted octanol–water partition coefficient (Wildman–Crippen LogP) is 4.22. The van der Waals surface area contributed by atoms with Crippen molar-refractivity contribution in [1.82, 2.24) is 14.7 Å². The Labute approximate surface area is 177 Å². The number of fused-ring (bicyclic) bond motifs is 3. The standard InChI is InChI=1S/C23H31N5O2/c1-23(2,3)30-22(29)27-12-15(13-27)28-21-17(11-25-28)16-9-6-10-18(24)20(16)26(4)19(21)14-7-5-8-14/h6,9-11,14-15,19H,5,7-8,12-13,24H2,1-4H3. The fourth-order valence-corrected chi connectivity index (χ4v) is 5.04. The van der Waals surface area contributed by atoms with E-state index < -0.39 is 5.60 Å². The quantitative estimate of drug-likeness (QED) is 0.752. The number of likely N-dealkylation sites (tertiary alicyclic amines) is 1. The summed E-state index contributed by atoms with van der Waals surface area (Å²) in [5.74, 6) is 0.610. The Hall–Kier alpha value is -2.70. The molecule has 160 valence electrons. The van der Waals surface area contributed by atoms with Gasteiger partial charge in [0, 0.05) is 31.3 Å². The molecule has 3 heterocycles. The highest BCUT2D eigenvalue weighted by Gasteiger charge is 2.44. The molecule has 5 rings (SSSR count). The molecule has 30 heavy (non-hydrogen) atoms. The number of anilines is 2. The molecule has 2 N–H and O–H groups in total. The fourth-order valence-electron chi connectivity index (χ4n) is 5.04. The third-order valence-electron chi connectivity index (χ3n) is 6.70. The van der Waals surface area contributed by atoms with Crippen LogP contribution in [0.2, 0.25) is 0 Å². The molecule has 1 aromatic heterocycles. The number of nitrogen functional groups attached to an aromatic ring is 1. The second-order valence-electron chi connectivity index (χ2n) is 9.92. The number of nitrogens with two attached hydrogens (primary N) is 1. The number of benzene rings is 1. The molecule has 1 aliphatic carbocycles. The van der Waals surface area contributed by atoms with Gasteiger partial charge in [0.15, 0.2) is 0 Å². The van der Waals surface area contributed by atoms with Gasteiger partial charge in [0.2, 0.25) is 0 Å². The van der Waals surface area contributed by atoms with E-state index in [1.165, 1.54) is 30.5 Å². The molecule has 1 unspecified atom stereocenters. The van der Waals surface area contributed by atoms with E-state index >= 15 is 0 Å². The summed E-state index contributed by atoms with van der Waals surface area (Å²) in [5.41, 5.74) is 11.5. The SMILES string of the molecule is CN1c2c(N)cccc2-c2cnn(C3CN(C(=O)OC(C)(C)C)C3)c2C1C1CCC1. The lowest BCUT2D eigenvalue weighted by Gasteiger charge is -2.46. The summed E-state index contributed by atoms with van der Waals surface area (Å²) >= 11 is 0. The monoisotopic (exact) mass is 409 g/mol. The highest BCUT2D eigenvalue weighted by molar-refractivity contribution is 5.90. The van der Waals surface area contributed by atoms with Crippen molar-refractivity contribution < 1.29 is 9.53 Å². The lowest BCUT2D eigenvalue weighted by Crippen LogP contribution is -2.53. The van der Waals surface area contributed by atoms with Crippen molar-refractivity contribution in [3.05, 3.63) is 30.1 Å². The smallest absolute Gasteiger partial charge is 0.410 e. The molecule has 2 fully saturated rings. The Morgan fingerprint density at radius 2 is 1.93 bits per heavy atom. The van der Waals surface area contributed by atoms with Gasteiger partial charge in [-0.1, -0.05) is 18.6 Å². The maximum absolute atomic E-state index is 12.4. The van der Waals surface area contributed by atoms with Crippen LogP contribution in [0.15, 0.2) is 24.4 Å². The van der Waals surface area contributed by atoms with Crippen molar-refractivity contribution >= 4 is 17.5 Å². The molecule has 2 aromatic rings. The Kier molecular flexibility index (Phi) is 4.27. The number of ether oxygens (including phenoxy) is 1. The van der Waals surface area contributed by atoms with E-state index in [2.05, 4.69) is 22.7 Å². The van der Waals surface area contributed by atoms with Gasteiger partial charge in [-0.15, -0.1) is 0 Å². The Balaban J connectivity index is 1.47. The molecular formula is C23H31N5O2. The number of carbonyl (C=O) groups is 1. The highest BCUT2D eigenvalue weighted by Crippen LogP contribution is 2.53. The molecule has 0 radical (unpaired) electrons. The van der Waals surface area contributed by atoms with Crippen LogP contribution in [-0.2, 0) is 4.74 Å². The first-order valence-corrected chi connectivity index (χ1v) is 10.9. The third kappa shape index (κ3) is 2.94. The van der Waals surface area contributed by atoms with Gasteiger partial charge in [0.25, 0.3) is 0 Å². The van der Waals surface area contributed by atoms with Crippen LogP contribution in [0.5, 0.6) is 0 Å². The second-order valence-corrected chi connectivity index (χ2v) is 9.92. The van der Waals surface area contributed by atoms with Gasteiger partial charge >= 0.3 is 6.09 Å². The molecule has 1 atom stereocenters. The molecule has 0 bridgehead atoms. The summed E-state index contributed by atoms with van der Waals surface area (Å²) < 4.78 is 7.69. The average molecular weight is 410 g/mol. The van der Waals surface area contributed by atoms with Gasteiger partial charge < -0.3 is 20.3 Å². The first-order chi connectivity index (χ1) is 14.2. The van der Waals surface area contributed by atoms with Crippen LogP contribution in [0.4, 0.5) is 16.2 Å². The van der Waals surface area contributed by atoms with Crippen molar-refractivity contribution in [1.29, 1.82) is 0 Å². The number of carbonyl (C=O) groups excluding carboxylic acids is 1. The topological polar surface area (TPSA) is 76.6 Å². The number of nitrogens with zero attached hydrogens (tertiary/aromatic N) is 4. The third-order valence-corrected chi connectivity index (χ3v) is 6.70. The maximum atomic E-state index is 12.4. The summed E-state index contributed by atoms with van der Waals surface area (Å²) in [6.07, 6.45) is 5.49. The number of amides is 1. The summed E-state index contributed by atoms with van der Waals surface area (Å²) in [4.78, 5) is 16.5. The zero-order valence-corrected chi connectivity index (χ0v) is 18.3. The number of aromatic nitrogens is 2. The van der Waals surface area contributed by atoms with Gasteiger partial charge in [-0.2, -0.15) is 5.10 Å². The van der Waals surface area contributed by atoms with Crippen LogP contribution in [0.3, 0.4) is 0 Å². The van der Waals surface area contributed by atoms with E-state index in [1.54, 1.807) is 4.90 Å². The highest BCUT2D eigenvalue weighted by atomic mass is 16.6. The molecule has 0 spiro atoms. The van der Waals surface area contributed by atoms with Crippen LogP contribution in [-0.4, -0.2) is 46.5 Å². The summed E-state index contributed by atoms with van der Waals surface area (Å²) in [6, 6.07) is 6.58. The molecular weight excluding hydrogens is 378 g/mol. The average Bonchev–Trinajstić information content (AvgIpc) is 2.98. The van der Waals surface area contributed by atoms with Gasteiger partial charge in [0.05, 0.1) is 35.3 Å². The molecule has 1 aromatic carbocycles. The van der Waals surface area contributed by atoms with Crippen molar-refractivity contribution in [2.24, 2.45) is 5.92 Å². The van der Waals surface area contributed by atoms with Crippen LogP contribution >= 0.6 is 0 Å². The molecule has 1 saturated heterocycles. The number of hydrogen-bond acceptors (Lipinski definition) is 5. The Morgan fingerprint density at radius 1 is 1.20 bits per heavy atom. The minimum absolute atomic E-state index is 0.180. The van der Waals surface area contributed by atoms with Gasteiger partial charge in [0.1, 0.15) is 5.60 Å². The molecule has 1 saturated carbocycles. The number of rotatable bonds is 2. The summed E-state index contributed by atoms with van der Waals surface area (Å²) in [7, 11) is 2.16. The fraction of sp³-hybridized carbons (Fsp3) is 0.565. The predicted molar refractivity (Wildman–Crippen MR) is 117 cm³/mol. The molecule has 7 heteroatoms. The Morgan fingerprint density at radius 3 is 2.57 bits per heavy atom. The lowest BCUT2D eigenvalue weighted by molar-refractivity contribution is -0.00110. The minimum Gasteiger partial charge on any atom is -0.444 e. The molecule has 7 nitrogen and oxygen atoms in total. The second kappa shape index (κ2) is 6.65. The van der Waals surface area contributed by atoms with Crippen molar-refractivity contribution in [3.8, 4) is 11.1 Å². The minimum atomic E-state index is -0.477. The van der Waals surface area contributed by atoms with Gasteiger partial charge in [-0.3, -0.25) is 4.68 Å². The lowest BCUT2D eigenvalue weighted by atomic mass is 9.75. The van der Waals surface area contributed by atoms with E-state index in [0.29, 0.717) is 19.0 Å². The zero-order valence-electron chi connectivity index (χ0n) is 18.3. The maximum Gasteiger partial charge on any atom is 0.410 e. The van der Waals surface area contributed by atoms with E-state index in [1.807, 2.05) is 39.1 Å². The van der Waals surface area contributed by atoms with E-state index in [0.717, 1.165) is 16.9 Å². The van der Waals surface area contributed by atoms with Crippen molar-refractivity contribution in [2.75, 3.05) is 30.8 Å². The normalized spacial score (nSPS) is 21.5. The van der Waals surface area contributed by atoms with Gasteiger partial charge in [-0.05, 0) is 45.6 Å². The van der Waals surface area contributed by atoms with Crippen LogP contribution in [0.1, 0.15) is 57.8 Å². The number of hydrogen-bond donors (Lipinski definition) is 1. The summed E-state index contributed by atoms with van der Waals surface area (Å²) in [6.45, 7) is 6.96. The number of para-hydroxylation sites is 1. The van der Waals surface area contributed by atoms with Crippen LogP contribution in [0.25, 0.3) is 11.1 Å².